The van der Waals surface area contributed by atoms with Crippen molar-refractivity contribution in [3.63, 3.8) is 0 Å². The van der Waals surface area contributed by atoms with Gasteiger partial charge in [0.15, 0.2) is 6.61 Å². The number of hydrogen-bond acceptors (Lipinski definition) is 2. The highest BCUT2D eigenvalue weighted by Crippen LogP contribution is 2.31. The third kappa shape index (κ3) is 5.81. The minimum atomic E-state index is -4.57. The summed E-state index contributed by atoms with van der Waals surface area (Å²) in [4.78, 5) is 11.0. The van der Waals surface area contributed by atoms with Crippen LogP contribution in [-0.2, 0) is 11.0 Å². The molecule has 0 aromatic heterocycles. The molecule has 0 saturated carbocycles. The van der Waals surface area contributed by atoms with Crippen LogP contribution in [0.2, 0.25) is 0 Å². The minimum absolute atomic E-state index is 0.262. The van der Waals surface area contributed by atoms with Crippen LogP contribution in [0.3, 0.4) is 0 Å². The SMILES string of the molecule is O=C(COc1cccc(C(F)(F)F)c1)NCC(F)(F)F. The molecule has 0 aliphatic carbocycles. The monoisotopic (exact) mass is 301 g/mol. The van der Waals surface area contributed by atoms with Gasteiger partial charge in [-0.2, -0.15) is 26.3 Å². The Labute approximate surface area is 109 Å². The lowest BCUT2D eigenvalue weighted by atomic mass is 10.2. The van der Waals surface area contributed by atoms with Crippen molar-refractivity contribution in [1.82, 2.24) is 5.32 Å². The number of ether oxygens (including phenoxy) is 1. The predicted octanol–water partition coefficient (Wildman–Crippen LogP) is 2.76. The molecule has 1 aromatic carbocycles. The summed E-state index contributed by atoms with van der Waals surface area (Å²) in [6.45, 7) is -2.34. The van der Waals surface area contributed by atoms with E-state index in [4.69, 9.17) is 0 Å². The molecule has 1 rings (SSSR count). The quantitative estimate of drug-likeness (QED) is 0.869. The van der Waals surface area contributed by atoms with Crippen molar-refractivity contribution in [2.45, 2.75) is 12.4 Å². The van der Waals surface area contributed by atoms with E-state index in [9.17, 15) is 31.1 Å². The highest BCUT2D eigenvalue weighted by molar-refractivity contribution is 5.77. The van der Waals surface area contributed by atoms with Gasteiger partial charge >= 0.3 is 12.4 Å². The Bertz CT molecular complexity index is 469. The van der Waals surface area contributed by atoms with Crippen LogP contribution in [0.1, 0.15) is 5.56 Å². The van der Waals surface area contributed by atoms with Crippen molar-refractivity contribution in [1.29, 1.82) is 0 Å². The van der Waals surface area contributed by atoms with Crippen molar-refractivity contribution < 1.29 is 35.9 Å². The molecule has 1 aromatic rings. The fourth-order valence-electron chi connectivity index (χ4n) is 1.16. The summed E-state index contributed by atoms with van der Waals surface area (Å²) in [7, 11) is 0. The normalized spacial score (nSPS) is 12.1. The number of alkyl halides is 6. The second-order valence-corrected chi connectivity index (χ2v) is 3.71. The van der Waals surface area contributed by atoms with Gasteiger partial charge < -0.3 is 10.1 Å². The highest BCUT2D eigenvalue weighted by Gasteiger charge is 2.30. The van der Waals surface area contributed by atoms with Gasteiger partial charge in [0, 0.05) is 0 Å². The number of nitrogens with one attached hydrogen (secondary N) is 1. The number of carbonyl (C=O) groups excluding carboxylic acids is 1. The first-order chi connectivity index (χ1) is 9.08. The highest BCUT2D eigenvalue weighted by atomic mass is 19.4. The molecular weight excluding hydrogens is 292 g/mol. The first-order valence-electron chi connectivity index (χ1n) is 5.21. The molecule has 0 aliphatic rings. The van der Waals surface area contributed by atoms with Crippen LogP contribution in [0, 0.1) is 0 Å². The van der Waals surface area contributed by atoms with Gasteiger partial charge in [0.05, 0.1) is 5.56 Å². The van der Waals surface area contributed by atoms with Gasteiger partial charge in [-0.1, -0.05) is 6.07 Å². The Morgan fingerprint density at radius 2 is 1.80 bits per heavy atom. The first kappa shape index (κ1) is 16.1. The smallest absolute Gasteiger partial charge is 0.416 e. The molecule has 0 heterocycles. The van der Waals surface area contributed by atoms with E-state index in [0.29, 0.717) is 6.07 Å². The maximum atomic E-state index is 12.4. The minimum Gasteiger partial charge on any atom is -0.484 e. The first-order valence-corrected chi connectivity index (χ1v) is 5.21. The van der Waals surface area contributed by atoms with E-state index < -0.39 is 37.0 Å². The van der Waals surface area contributed by atoms with Crippen LogP contribution in [0.25, 0.3) is 0 Å². The molecule has 0 fully saturated rings. The van der Waals surface area contributed by atoms with Crippen molar-refractivity contribution in [2.24, 2.45) is 0 Å². The van der Waals surface area contributed by atoms with Gasteiger partial charge in [0.25, 0.3) is 5.91 Å². The summed E-state index contributed by atoms with van der Waals surface area (Å²) in [5.41, 5.74) is -0.981. The Morgan fingerprint density at radius 3 is 2.35 bits per heavy atom. The number of carbonyl (C=O) groups is 1. The predicted molar refractivity (Wildman–Crippen MR) is 56.0 cm³/mol. The summed E-state index contributed by atoms with van der Waals surface area (Å²) < 4.78 is 77.1. The van der Waals surface area contributed by atoms with Crippen LogP contribution >= 0.6 is 0 Å². The topological polar surface area (TPSA) is 38.3 Å². The van der Waals surface area contributed by atoms with E-state index in [1.165, 1.54) is 5.32 Å². The molecular formula is C11H9F6NO2. The largest absolute Gasteiger partial charge is 0.484 e. The number of halogens is 6. The number of rotatable bonds is 4. The third-order valence-corrected chi connectivity index (χ3v) is 2.02. The van der Waals surface area contributed by atoms with Crippen LogP contribution < -0.4 is 10.1 Å². The molecule has 0 spiro atoms. The molecule has 0 aliphatic heterocycles. The van der Waals surface area contributed by atoms with E-state index in [1.54, 1.807) is 0 Å². The molecule has 3 nitrogen and oxygen atoms in total. The van der Waals surface area contributed by atoms with Crippen molar-refractivity contribution in [2.75, 3.05) is 13.2 Å². The third-order valence-electron chi connectivity index (χ3n) is 2.02. The molecule has 9 heteroatoms. The van der Waals surface area contributed by atoms with Crippen LogP contribution in [-0.4, -0.2) is 25.2 Å². The summed E-state index contributed by atoms with van der Waals surface area (Å²) in [6.07, 6.45) is -9.14. The summed E-state index contributed by atoms with van der Waals surface area (Å²) in [5.74, 6) is -1.35. The van der Waals surface area contributed by atoms with Crippen molar-refractivity contribution >= 4 is 5.91 Å². The van der Waals surface area contributed by atoms with Gasteiger partial charge in [-0.15, -0.1) is 0 Å². The number of amides is 1. The average molecular weight is 301 g/mol. The summed E-state index contributed by atoms with van der Waals surface area (Å²) >= 11 is 0. The van der Waals surface area contributed by atoms with Crippen LogP contribution in [0.5, 0.6) is 5.75 Å². The number of hydrogen-bond donors (Lipinski definition) is 1. The van der Waals surface area contributed by atoms with Gasteiger partial charge in [-0.3, -0.25) is 4.79 Å². The molecule has 112 valence electrons. The zero-order valence-electron chi connectivity index (χ0n) is 9.81. The lowest BCUT2D eigenvalue weighted by Gasteiger charge is -2.11. The molecule has 0 saturated heterocycles. The Morgan fingerprint density at radius 1 is 1.15 bits per heavy atom. The fraction of sp³-hybridized carbons (Fsp3) is 0.364. The van der Waals surface area contributed by atoms with Crippen molar-refractivity contribution in [3.8, 4) is 5.75 Å². The molecule has 20 heavy (non-hydrogen) atoms. The van der Waals surface area contributed by atoms with Gasteiger partial charge in [0.1, 0.15) is 12.3 Å². The lowest BCUT2D eigenvalue weighted by Crippen LogP contribution is -2.36. The fourth-order valence-corrected chi connectivity index (χ4v) is 1.16. The summed E-state index contributed by atoms with van der Waals surface area (Å²) in [6, 6.07) is 3.67. The van der Waals surface area contributed by atoms with E-state index >= 15 is 0 Å². The van der Waals surface area contributed by atoms with E-state index in [-0.39, 0.29) is 5.75 Å². The van der Waals surface area contributed by atoms with Gasteiger partial charge in [-0.05, 0) is 18.2 Å². The zero-order chi connectivity index (χ0) is 15.4. The second-order valence-electron chi connectivity index (χ2n) is 3.71. The molecule has 0 bridgehead atoms. The molecule has 0 unspecified atom stereocenters. The second kappa shape index (κ2) is 6.02. The Balaban J connectivity index is 2.52. The van der Waals surface area contributed by atoms with E-state index in [2.05, 4.69) is 4.74 Å². The van der Waals surface area contributed by atoms with Gasteiger partial charge in [-0.25, -0.2) is 0 Å². The summed E-state index contributed by atoms with van der Waals surface area (Å²) in [5, 5.41) is 1.53. The van der Waals surface area contributed by atoms with Gasteiger partial charge in [0.2, 0.25) is 0 Å². The molecule has 0 radical (unpaired) electrons. The molecule has 1 N–H and O–H groups in total. The molecule has 1 amide bonds. The van der Waals surface area contributed by atoms with Crippen molar-refractivity contribution in [3.05, 3.63) is 29.8 Å². The van der Waals surface area contributed by atoms with E-state index in [1.807, 2.05) is 0 Å². The Hall–Kier alpha value is -1.93. The van der Waals surface area contributed by atoms with Crippen LogP contribution in [0.4, 0.5) is 26.3 Å². The van der Waals surface area contributed by atoms with E-state index in [0.717, 1.165) is 18.2 Å². The standard InChI is InChI=1S/C11H9F6NO2/c12-10(13,14)6-18-9(19)5-20-8-3-1-2-7(4-8)11(15,16)17/h1-4H,5-6H2,(H,18,19). The lowest BCUT2D eigenvalue weighted by molar-refractivity contribution is -0.139. The average Bonchev–Trinajstić information content (AvgIpc) is 2.32. The maximum Gasteiger partial charge on any atom is 0.416 e. The number of benzene rings is 1. The maximum absolute atomic E-state index is 12.4. The van der Waals surface area contributed by atoms with Crippen LogP contribution in [0.15, 0.2) is 24.3 Å². The Kier molecular flexibility index (Phi) is 4.85. The zero-order valence-corrected chi connectivity index (χ0v) is 9.81. The molecule has 0 atom stereocenters.